The first-order valence-corrected chi connectivity index (χ1v) is 7.23. The minimum atomic E-state index is 0.275. The van der Waals surface area contributed by atoms with Crippen LogP contribution in [-0.2, 0) is 0 Å². The van der Waals surface area contributed by atoms with Crippen LogP contribution in [0, 0.1) is 0 Å². The first-order chi connectivity index (χ1) is 8.09. The van der Waals surface area contributed by atoms with Gasteiger partial charge in [-0.25, -0.2) is 0 Å². The second kappa shape index (κ2) is 5.83. The standard InChI is InChI=1S/C13H17Cl2NS/c1-9(16-7-5-10(17)6-8-16)13-11(14)3-2-4-12(13)15/h2-4,9-10,17H,5-8H2,1H3. The van der Waals surface area contributed by atoms with E-state index in [-0.39, 0.29) is 6.04 Å². The average molecular weight is 290 g/mol. The molecule has 0 amide bonds. The number of hydrogen-bond donors (Lipinski definition) is 1. The van der Waals surface area contributed by atoms with E-state index < -0.39 is 0 Å². The minimum Gasteiger partial charge on any atom is -0.296 e. The Labute approximate surface area is 119 Å². The number of hydrogen-bond acceptors (Lipinski definition) is 2. The Morgan fingerprint density at radius 2 is 1.76 bits per heavy atom. The van der Waals surface area contributed by atoms with Crippen LogP contribution in [-0.4, -0.2) is 23.2 Å². The quantitative estimate of drug-likeness (QED) is 0.788. The van der Waals surface area contributed by atoms with E-state index in [2.05, 4.69) is 24.5 Å². The maximum atomic E-state index is 6.25. The number of rotatable bonds is 2. The van der Waals surface area contributed by atoms with Crippen molar-refractivity contribution < 1.29 is 0 Å². The molecule has 0 aromatic heterocycles. The van der Waals surface area contributed by atoms with E-state index in [0.717, 1.165) is 41.5 Å². The summed E-state index contributed by atoms with van der Waals surface area (Å²) in [6.45, 7) is 4.31. The first-order valence-electron chi connectivity index (χ1n) is 5.95. The number of nitrogens with zero attached hydrogens (tertiary/aromatic N) is 1. The van der Waals surface area contributed by atoms with Crippen LogP contribution in [0.3, 0.4) is 0 Å². The van der Waals surface area contributed by atoms with Crippen molar-refractivity contribution in [3.63, 3.8) is 0 Å². The normalized spacial score (nSPS) is 20.5. The second-order valence-electron chi connectivity index (χ2n) is 4.58. The number of benzene rings is 1. The van der Waals surface area contributed by atoms with Gasteiger partial charge in [-0.3, -0.25) is 4.90 Å². The third-order valence-corrected chi connectivity index (χ3v) is 4.64. The lowest BCUT2D eigenvalue weighted by atomic mass is 10.0. The molecule has 0 spiro atoms. The van der Waals surface area contributed by atoms with Gasteiger partial charge in [-0.2, -0.15) is 12.6 Å². The zero-order valence-corrected chi connectivity index (χ0v) is 12.3. The van der Waals surface area contributed by atoms with Gasteiger partial charge in [0.05, 0.1) is 0 Å². The van der Waals surface area contributed by atoms with Crippen molar-refractivity contribution in [3.05, 3.63) is 33.8 Å². The van der Waals surface area contributed by atoms with Gasteiger partial charge in [0.2, 0.25) is 0 Å². The fraction of sp³-hybridized carbons (Fsp3) is 0.538. The molecule has 1 unspecified atom stereocenters. The van der Waals surface area contributed by atoms with Crippen molar-refractivity contribution in [2.45, 2.75) is 31.1 Å². The van der Waals surface area contributed by atoms with Gasteiger partial charge in [0.15, 0.2) is 0 Å². The van der Waals surface area contributed by atoms with Gasteiger partial charge in [-0.1, -0.05) is 29.3 Å². The summed E-state index contributed by atoms with van der Waals surface area (Å²) in [4.78, 5) is 2.43. The smallest absolute Gasteiger partial charge is 0.0468 e. The van der Waals surface area contributed by atoms with Crippen molar-refractivity contribution in [2.24, 2.45) is 0 Å². The van der Waals surface area contributed by atoms with E-state index in [1.54, 1.807) is 0 Å². The van der Waals surface area contributed by atoms with Gasteiger partial charge in [0, 0.05) is 26.9 Å². The molecule has 0 aliphatic carbocycles. The lowest BCUT2D eigenvalue weighted by Gasteiger charge is -2.35. The van der Waals surface area contributed by atoms with E-state index in [0.29, 0.717) is 5.25 Å². The lowest BCUT2D eigenvalue weighted by molar-refractivity contribution is 0.178. The number of likely N-dealkylation sites (tertiary alicyclic amines) is 1. The van der Waals surface area contributed by atoms with Crippen molar-refractivity contribution in [1.82, 2.24) is 4.90 Å². The summed E-state index contributed by atoms with van der Waals surface area (Å²) < 4.78 is 0. The van der Waals surface area contributed by atoms with Crippen molar-refractivity contribution >= 4 is 35.8 Å². The molecule has 94 valence electrons. The molecule has 1 aromatic carbocycles. The highest BCUT2D eigenvalue weighted by atomic mass is 35.5. The summed E-state index contributed by atoms with van der Waals surface area (Å²) in [6.07, 6.45) is 2.27. The molecule has 0 N–H and O–H groups in total. The molecular formula is C13H17Cl2NS. The van der Waals surface area contributed by atoms with E-state index in [1.807, 2.05) is 18.2 Å². The van der Waals surface area contributed by atoms with E-state index in [4.69, 9.17) is 23.2 Å². The van der Waals surface area contributed by atoms with Crippen LogP contribution < -0.4 is 0 Å². The minimum absolute atomic E-state index is 0.275. The van der Waals surface area contributed by atoms with Crippen LogP contribution >= 0.6 is 35.8 Å². The lowest BCUT2D eigenvalue weighted by Crippen LogP contribution is -2.36. The molecule has 2 rings (SSSR count). The van der Waals surface area contributed by atoms with Crippen molar-refractivity contribution in [1.29, 1.82) is 0 Å². The molecule has 1 heterocycles. The van der Waals surface area contributed by atoms with Crippen LogP contribution in [0.1, 0.15) is 31.4 Å². The Hall–Kier alpha value is 0.110. The van der Waals surface area contributed by atoms with Crippen LogP contribution in [0.5, 0.6) is 0 Å². The van der Waals surface area contributed by atoms with Gasteiger partial charge in [-0.15, -0.1) is 0 Å². The SMILES string of the molecule is CC(c1c(Cl)cccc1Cl)N1CCC(S)CC1. The van der Waals surface area contributed by atoms with Gasteiger partial charge in [0.1, 0.15) is 0 Å². The van der Waals surface area contributed by atoms with Gasteiger partial charge in [-0.05, 0) is 45.0 Å². The molecule has 1 saturated heterocycles. The summed E-state index contributed by atoms with van der Waals surface area (Å²) in [7, 11) is 0. The Kier molecular flexibility index (Phi) is 4.65. The third-order valence-electron chi connectivity index (χ3n) is 3.46. The molecule has 0 saturated carbocycles. The predicted molar refractivity (Wildman–Crippen MR) is 78.5 cm³/mol. The molecule has 1 aliphatic heterocycles. The van der Waals surface area contributed by atoms with Crippen LogP contribution in [0.15, 0.2) is 18.2 Å². The van der Waals surface area contributed by atoms with Crippen LogP contribution in [0.2, 0.25) is 10.0 Å². The van der Waals surface area contributed by atoms with Crippen LogP contribution in [0.4, 0.5) is 0 Å². The van der Waals surface area contributed by atoms with Crippen molar-refractivity contribution in [2.75, 3.05) is 13.1 Å². The maximum Gasteiger partial charge on any atom is 0.0468 e. The van der Waals surface area contributed by atoms with Gasteiger partial charge in [0.25, 0.3) is 0 Å². The van der Waals surface area contributed by atoms with E-state index >= 15 is 0 Å². The highest BCUT2D eigenvalue weighted by molar-refractivity contribution is 7.80. The average Bonchev–Trinajstić information content (AvgIpc) is 2.29. The third kappa shape index (κ3) is 3.11. The van der Waals surface area contributed by atoms with E-state index in [9.17, 15) is 0 Å². The summed E-state index contributed by atoms with van der Waals surface area (Å²) in [5.41, 5.74) is 1.05. The number of halogens is 2. The monoisotopic (exact) mass is 289 g/mol. The topological polar surface area (TPSA) is 3.24 Å². The largest absolute Gasteiger partial charge is 0.296 e. The Balaban J connectivity index is 2.16. The molecule has 17 heavy (non-hydrogen) atoms. The number of piperidine rings is 1. The highest BCUT2D eigenvalue weighted by Gasteiger charge is 2.24. The fourth-order valence-electron chi connectivity index (χ4n) is 2.37. The Bertz CT molecular complexity index is 369. The molecular weight excluding hydrogens is 273 g/mol. The molecule has 1 aliphatic rings. The summed E-state index contributed by atoms with van der Waals surface area (Å²) in [5, 5.41) is 2.07. The molecule has 1 atom stereocenters. The number of thiol groups is 1. The summed E-state index contributed by atoms with van der Waals surface area (Å²) >= 11 is 17.0. The zero-order valence-electron chi connectivity index (χ0n) is 9.87. The maximum absolute atomic E-state index is 6.25. The van der Waals surface area contributed by atoms with Gasteiger partial charge < -0.3 is 0 Å². The summed E-state index contributed by atoms with van der Waals surface area (Å²) in [6, 6.07) is 5.98. The molecule has 1 nitrogen and oxygen atoms in total. The zero-order chi connectivity index (χ0) is 12.4. The first kappa shape index (κ1) is 13.5. The second-order valence-corrected chi connectivity index (χ2v) is 6.12. The van der Waals surface area contributed by atoms with Gasteiger partial charge >= 0.3 is 0 Å². The summed E-state index contributed by atoms with van der Waals surface area (Å²) in [5.74, 6) is 0. The highest BCUT2D eigenvalue weighted by Crippen LogP contribution is 2.34. The molecule has 1 aromatic rings. The Morgan fingerprint density at radius 3 is 2.29 bits per heavy atom. The van der Waals surface area contributed by atoms with E-state index in [1.165, 1.54) is 0 Å². The molecule has 0 radical (unpaired) electrons. The molecule has 0 bridgehead atoms. The Morgan fingerprint density at radius 1 is 1.24 bits per heavy atom. The predicted octanol–water partition coefficient (Wildman–Crippen LogP) is 4.45. The van der Waals surface area contributed by atoms with Crippen LogP contribution in [0.25, 0.3) is 0 Å². The fourth-order valence-corrected chi connectivity index (χ4v) is 3.31. The molecule has 4 heteroatoms. The van der Waals surface area contributed by atoms with Crippen molar-refractivity contribution in [3.8, 4) is 0 Å². The molecule has 1 fully saturated rings.